The number of carbonyl (C=O) groups is 1. The van der Waals surface area contributed by atoms with Gasteiger partial charge in [-0.1, -0.05) is 28.1 Å². The molecule has 0 saturated heterocycles. The molecule has 1 amide bonds. The molecule has 0 aromatic heterocycles. The van der Waals surface area contributed by atoms with Crippen molar-refractivity contribution in [2.75, 3.05) is 13.2 Å². The molecule has 1 N–H and O–H groups in total. The van der Waals surface area contributed by atoms with Crippen LogP contribution in [0.15, 0.2) is 28.7 Å². The number of aliphatic hydroxyl groups excluding tert-OH is 1. The van der Waals surface area contributed by atoms with E-state index in [2.05, 4.69) is 15.9 Å². The van der Waals surface area contributed by atoms with E-state index < -0.39 is 0 Å². The lowest BCUT2D eigenvalue weighted by Gasteiger charge is -2.25. The van der Waals surface area contributed by atoms with Crippen LogP contribution in [0.5, 0.6) is 0 Å². The standard InChI is InChI=1S/C14H18BrNO2/c1-10(11-2-4-12(15)5-3-11)14(18)16(8-9-17)13-6-7-13/h2-5,10,13,17H,6-9H2,1H3. The molecule has 1 unspecified atom stereocenters. The van der Waals surface area contributed by atoms with E-state index in [0.29, 0.717) is 12.6 Å². The Hall–Kier alpha value is -0.870. The molecular formula is C14H18BrNO2. The van der Waals surface area contributed by atoms with Crippen LogP contribution in [0.1, 0.15) is 31.2 Å². The van der Waals surface area contributed by atoms with Crippen molar-refractivity contribution in [2.24, 2.45) is 0 Å². The van der Waals surface area contributed by atoms with Crippen LogP contribution in [0.3, 0.4) is 0 Å². The molecule has 0 spiro atoms. The van der Waals surface area contributed by atoms with E-state index in [1.165, 1.54) is 0 Å². The number of benzene rings is 1. The van der Waals surface area contributed by atoms with Gasteiger partial charge in [-0.25, -0.2) is 0 Å². The minimum atomic E-state index is -0.148. The minimum absolute atomic E-state index is 0.0370. The van der Waals surface area contributed by atoms with E-state index in [-0.39, 0.29) is 18.4 Å². The maximum Gasteiger partial charge on any atom is 0.230 e. The molecule has 0 bridgehead atoms. The normalized spacial score (nSPS) is 16.4. The van der Waals surface area contributed by atoms with Gasteiger partial charge in [0, 0.05) is 17.1 Å². The Balaban J connectivity index is 2.08. The summed E-state index contributed by atoms with van der Waals surface area (Å²) < 4.78 is 1.01. The van der Waals surface area contributed by atoms with Crippen molar-refractivity contribution in [3.8, 4) is 0 Å². The van der Waals surface area contributed by atoms with Gasteiger partial charge in [0.25, 0.3) is 0 Å². The summed E-state index contributed by atoms with van der Waals surface area (Å²) in [7, 11) is 0. The molecule has 1 aromatic rings. The second-order valence-corrected chi connectivity index (χ2v) is 5.68. The Morgan fingerprint density at radius 2 is 2.06 bits per heavy atom. The number of aliphatic hydroxyl groups is 1. The van der Waals surface area contributed by atoms with Gasteiger partial charge in [0.1, 0.15) is 0 Å². The summed E-state index contributed by atoms with van der Waals surface area (Å²) in [5.74, 6) is -0.0286. The molecule has 1 fully saturated rings. The smallest absolute Gasteiger partial charge is 0.230 e. The highest BCUT2D eigenvalue weighted by atomic mass is 79.9. The second-order valence-electron chi connectivity index (χ2n) is 4.76. The topological polar surface area (TPSA) is 40.5 Å². The highest BCUT2D eigenvalue weighted by Gasteiger charge is 2.34. The van der Waals surface area contributed by atoms with E-state index >= 15 is 0 Å². The summed E-state index contributed by atoms with van der Waals surface area (Å²) in [4.78, 5) is 14.2. The lowest BCUT2D eigenvalue weighted by atomic mass is 10.00. The van der Waals surface area contributed by atoms with Crippen molar-refractivity contribution in [3.05, 3.63) is 34.3 Å². The Labute approximate surface area is 116 Å². The molecular weight excluding hydrogens is 294 g/mol. The van der Waals surface area contributed by atoms with Gasteiger partial charge in [-0.15, -0.1) is 0 Å². The predicted molar refractivity (Wildman–Crippen MR) is 74.4 cm³/mol. The van der Waals surface area contributed by atoms with Crippen molar-refractivity contribution >= 4 is 21.8 Å². The number of carbonyl (C=O) groups excluding carboxylic acids is 1. The minimum Gasteiger partial charge on any atom is -0.395 e. The van der Waals surface area contributed by atoms with E-state index in [9.17, 15) is 4.79 Å². The maximum atomic E-state index is 12.4. The Bertz CT molecular complexity index is 414. The first-order valence-corrected chi connectivity index (χ1v) is 7.09. The van der Waals surface area contributed by atoms with Crippen LogP contribution >= 0.6 is 15.9 Å². The number of hydrogen-bond donors (Lipinski definition) is 1. The van der Waals surface area contributed by atoms with Gasteiger partial charge in [0.05, 0.1) is 12.5 Å². The predicted octanol–water partition coefficient (Wildman–Crippen LogP) is 2.54. The first kappa shape index (κ1) is 13.6. The van der Waals surface area contributed by atoms with E-state index in [4.69, 9.17) is 5.11 Å². The number of amides is 1. The quantitative estimate of drug-likeness (QED) is 0.908. The van der Waals surface area contributed by atoms with Crippen molar-refractivity contribution in [3.63, 3.8) is 0 Å². The number of rotatable bonds is 5. The van der Waals surface area contributed by atoms with Crippen LogP contribution in [-0.4, -0.2) is 35.1 Å². The third-order valence-electron chi connectivity index (χ3n) is 3.35. The van der Waals surface area contributed by atoms with Crippen molar-refractivity contribution in [1.29, 1.82) is 0 Å². The molecule has 3 nitrogen and oxygen atoms in total. The van der Waals surface area contributed by atoms with E-state index in [0.717, 1.165) is 22.9 Å². The van der Waals surface area contributed by atoms with E-state index in [1.54, 1.807) is 0 Å². The lowest BCUT2D eigenvalue weighted by Crippen LogP contribution is -2.38. The van der Waals surface area contributed by atoms with Crippen LogP contribution < -0.4 is 0 Å². The largest absolute Gasteiger partial charge is 0.395 e. The third-order valence-corrected chi connectivity index (χ3v) is 3.88. The zero-order chi connectivity index (χ0) is 13.1. The third kappa shape index (κ3) is 3.12. The fourth-order valence-electron chi connectivity index (χ4n) is 2.11. The summed E-state index contributed by atoms with van der Waals surface area (Å²) in [6, 6.07) is 8.19. The zero-order valence-electron chi connectivity index (χ0n) is 10.5. The van der Waals surface area contributed by atoms with E-state index in [1.807, 2.05) is 36.1 Å². The molecule has 0 heterocycles. The first-order chi connectivity index (χ1) is 8.63. The zero-order valence-corrected chi connectivity index (χ0v) is 12.1. The van der Waals surface area contributed by atoms with Crippen LogP contribution in [0.4, 0.5) is 0 Å². The SMILES string of the molecule is CC(C(=O)N(CCO)C1CC1)c1ccc(Br)cc1. The molecule has 1 saturated carbocycles. The summed E-state index contributed by atoms with van der Waals surface area (Å²) in [5, 5.41) is 9.05. The van der Waals surface area contributed by atoms with Crippen molar-refractivity contribution < 1.29 is 9.90 Å². The van der Waals surface area contributed by atoms with Gasteiger partial charge < -0.3 is 10.0 Å². The number of halogens is 1. The van der Waals surface area contributed by atoms with Gasteiger partial charge in [-0.3, -0.25) is 4.79 Å². The van der Waals surface area contributed by atoms with Crippen LogP contribution in [0.2, 0.25) is 0 Å². The van der Waals surface area contributed by atoms with Crippen LogP contribution in [0.25, 0.3) is 0 Å². The second kappa shape index (κ2) is 5.85. The van der Waals surface area contributed by atoms with Gasteiger partial charge in [0.2, 0.25) is 5.91 Å². The number of hydrogen-bond acceptors (Lipinski definition) is 2. The molecule has 1 aromatic carbocycles. The summed E-state index contributed by atoms with van der Waals surface area (Å²) in [6.07, 6.45) is 2.14. The molecule has 18 heavy (non-hydrogen) atoms. The van der Waals surface area contributed by atoms with Gasteiger partial charge >= 0.3 is 0 Å². The lowest BCUT2D eigenvalue weighted by molar-refractivity contribution is -0.133. The summed E-state index contributed by atoms with van der Waals surface area (Å²) in [6.45, 7) is 2.41. The molecule has 1 aliphatic carbocycles. The Morgan fingerprint density at radius 3 is 2.56 bits per heavy atom. The van der Waals surface area contributed by atoms with Gasteiger partial charge in [-0.05, 0) is 37.5 Å². The molecule has 2 rings (SSSR count). The van der Waals surface area contributed by atoms with Crippen molar-refractivity contribution in [1.82, 2.24) is 4.90 Å². The van der Waals surface area contributed by atoms with Gasteiger partial charge in [-0.2, -0.15) is 0 Å². The Kier molecular flexibility index (Phi) is 4.40. The van der Waals surface area contributed by atoms with Gasteiger partial charge in [0.15, 0.2) is 0 Å². The van der Waals surface area contributed by atoms with Crippen LogP contribution in [-0.2, 0) is 4.79 Å². The highest BCUT2D eigenvalue weighted by Crippen LogP contribution is 2.30. The monoisotopic (exact) mass is 311 g/mol. The molecule has 0 radical (unpaired) electrons. The average molecular weight is 312 g/mol. The summed E-state index contributed by atoms with van der Waals surface area (Å²) in [5.41, 5.74) is 1.02. The highest BCUT2D eigenvalue weighted by molar-refractivity contribution is 9.10. The summed E-state index contributed by atoms with van der Waals surface area (Å²) >= 11 is 3.39. The average Bonchev–Trinajstić information content (AvgIpc) is 3.19. The molecule has 0 aliphatic heterocycles. The molecule has 4 heteroatoms. The molecule has 1 atom stereocenters. The van der Waals surface area contributed by atoms with Crippen molar-refractivity contribution in [2.45, 2.75) is 31.7 Å². The number of nitrogens with zero attached hydrogens (tertiary/aromatic N) is 1. The first-order valence-electron chi connectivity index (χ1n) is 6.30. The molecule has 98 valence electrons. The Morgan fingerprint density at radius 1 is 1.44 bits per heavy atom. The fourth-order valence-corrected chi connectivity index (χ4v) is 2.37. The molecule has 1 aliphatic rings. The van der Waals surface area contributed by atoms with Crippen LogP contribution in [0, 0.1) is 0 Å². The fraction of sp³-hybridized carbons (Fsp3) is 0.500. The maximum absolute atomic E-state index is 12.4.